The topological polar surface area (TPSA) is 40.5 Å². The Morgan fingerprint density at radius 1 is 0.865 bits per heavy atom. The summed E-state index contributed by atoms with van der Waals surface area (Å²) in [7, 11) is 0. The Balaban J connectivity index is 1.95. The van der Waals surface area contributed by atoms with E-state index in [1.165, 1.54) is 12.1 Å². The van der Waals surface area contributed by atoms with Gasteiger partial charge in [0.15, 0.2) is 17.5 Å². The largest absolute Gasteiger partial charge is 0.481 e. The molecule has 1 saturated heterocycles. The van der Waals surface area contributed by atoms with E-state index in [0.717, 1.165) is 50.0 Å². The van der Waals surface area contributed by atoms with Crippen LogP contribution in [0, 0.1) is 29.2 Å². The molecule has 37 heavy (non-hydrogen) atoms. The highest BCUT2D eigenvalue weighted by molar-refractivity contribution is 5.78. The Hall–Kier alpha value is -3.19. The van der Waals surface area contributed by atoms with Gasteiger partial charge in [0, 0.05) is 0 Å². The summed E-state index contributed by atoms with van der Waals surface area (Å²) in [4.78, 5) is 14.4. The van der Waals surface area contributed by atoms with Crippen molar-refractivity contribution in [3.63, 3.8) is 0 Å². The van der Waals surface area contributed by atoms with Crippen molar-refractivity contribution in [2.24, 2.45) is 5.92 Å². The molecule has 3 aromatic carbocycles. The summed E-state index contributed by atoms with van der Waals surface area (Å²) in [5.41, 5.74) is 2.53. The molecule has 3 aromatic rings. The van der Waals surface area contributed by atoms with E-state index in [9.17, 15) is 27.5 Å². The third-order valence-electron chi connectivity index (χ3n) is 7.02. The minimum atomic E-state index is -1.56. The predicted octanol–water partition coefficient (Wildman–Crippen LogP) is 7.70. The first kappa shape index (κ1) is 26.9. The van der Waals surface area contributed by atoms with Gasteiger partial charge in [-0.3, -0.25) is 9.69 Å². The van der Waals surface area contributed by atoms with Crippen LogP contribution in [0.1, 0.15) is 68.2 Å². The van der Waals surface area contributed by atoms with E-state index < -0.39 is 29.3 Å². The summed E-state index contributed by atoms with van der Waals surface area (Å²) in [5, 5.41) is 9.93. The molecular formula is C30H31F4NO2. The molecule has 0 radical (unpaired) electrons. The normalized spacial score (nSPS) is 16.1. The minimum Gasteiger partial charge on any atom is -0.481 e. The fraction of sp³-hybridized carbons (Fsp3) is 0.367. The van der Waals surface area contributed by atoms with Crippen molar-refractivity contribution in [1.82, 2.24) is 4.90 Å². The Morgan fingerprint density at radius 3 is 2.03 bits per heavy atom. The maximum atomic E-state index is 14.4. The molecule has 0 amide bonds. The Kier molecular flexibility index (Phi) is 8.32. The van der Waals surface area contributed by atoms with E-state index in [0.29, 0.717) is 23.1 Å². The van der Waals surface area contributed by atoms with Gasteiger partial charge in [-0.15, -0.1) is 0 Å². The SMILES string of the molecule is CC(C)C[C@H](C(=O)O)c1ccc([C@@H](c2ccc(F)cc2)N2CCCCC2)c(-c2cc(F)c(F)c(F)c2)c1. The highest BCUT2D eigenvalue weighted by Crippen LogP contribution is 2.40. The molecule has 0 unspecified atom stereocenters. The number of carbonyl (C=O) groups is 1. The smallest absolute Gasteiger partial charge is 0.310 e. The number of carboxylic acid groups (broad SMARTS) is 1. The number of carboxylic acids is 1. The molecule has 196 valence electrons. The lowest BCUT2D eigenvalue weighted by molar-refractivity contribution is -0.139. The van der Waals surface area contributed by atoms with Crippen LogP contribution < -0.4 is 0 Å². The molecule has 1 aliphatic heterocycles. The second-order valence-corrected chi connectivity index (χ2v) is 10.2. The van der Waals surface area contributed by atoms with Gasteiger partial charge in [-0.25, -0.2) is 17.6 Å². The number of piperidine rings is 1. The van der Waals surface area contributed by atoms with Crippen LogP contribution in [0.25, 0.3) is 11.1 Å². The molecule has 0 spiro atoms. The standard InChI is InChI=1S/C30H31F4NO2/c1-18(2)14-25(30(36)37)20-8-11-23(24(15-20)21-16-26(32)28(34)27(33)17-21)29(35-12-4-3-5-13-35)19-6-9-22(31)10-7-19/h6-11,15-18,25,29H,3-5,12-14H2,1-2H3,(H,36,37)/t25-,29+/m0/s1. The zero-order valence-corrected chi connectivity index (χ0v) is 21.0. The summed E-state index contributed by atoms with van der Waals surface area (Å²) in [5.74, 6) is -6.28. The first-order valence-corrected chi connectivity index (χ1v) is 12.7. The molecule has 1 fully saturated rings. The molecule has 0 saturated carbocycles. The number of hydrogen-bond acceptors (Lipinski definition) is 2. The zero-order chi connectivity index (χ0) is 26.7. The average Bonchev–Trinajstić information content (AvgIpc) is 2.87. The lowest BCUT2D eigenvalue weighted by Gasteiger charge is -2.36. The number of nitrogens with zero attached hydrogens (tertiary/aromatic N) is 1. The number of halogens is 4. The predicted molar refractivity (Wildman–Crippen MR) is 135 cm³/mol. The van der Waals surface area contributed by atoms with E-state index in [1.54, 1.807) is 30.3 Å². The summed E-state index contributed by atoms with van der Waals surface area (Å²) in [6.07, 6.45) is 3.41. The number of aliphatic carboxylic acids is 1. The lowest BCUT2D eigenvalue weighted by Crippen LogP contribution is -2.34. The van der Waals surface area contributed by atoms with Crippen LogP contribution in [-0.2, 0) is 4.79 Å². The zero-order valence-electron chi connectivity index (χ0n) is 21.0. The van der Waals surface area contributed by atoms with Crippen LogP contribution in [0.5, 0.6) is 0 Å². The van der Waals surface area contributed by atoms with Gasteiger partial charge in [-0.05, 0) is 96.4 Å². The fourth-order valence-electron chi connectivity index (χ4n) is 5.25. The summed E-state index contributed by atoms with van der Waals surface area (Å²) >= 11 is 0. The molecule has 1 N–H and O–H groups in total. The Labute approximate surface area is 214 Å². The van der Waals surface area contributed by atoms with Gasteiger partial charge in [0.25, 0.3) is 0 Å². The number of likely N-dealkylation sites (tertiary alicyclic amines) is 1. The highest BCUT2D eigenvalue weighted by Gasteiger charge is 2.29. The molecule has 3 nitrogen and oxygen atoms in total. The average molecular weight is 514 g/mol. The van der Waals surface area contributed by atoms with Crippen molar-refractivity contribution >= 4 is 5.97 Å². The molecule has 0 aliphatic carbocycles. The van der Waals surface area contributed by atoms with Crippen molar-refractivity contribution in [2.75, 3.05) is 13.1 Å². The van der Waals surface area contributed by atoms with E-state index >= 15 is 0 Å². The number of rotatable bonds is 8. The molecular weight excluding hydrogens is 482 g/mol. The monoisotopic (exact) mass is 513 g/mol. The summed E-state index contributed by atoms with van der Waals surface area (Å²) in [6.45, 7) is 5.41. The van der Waals surface area contributed by atoms with Gasteiger partial charge in [-0.2, -0.15) is 0 Å². The third kappa shape index (κ3) is 6.04. The van der Waals surface area contributed by atoms with Crippen LogP contribution in [0.3, 0.4) is 0 Å². The fourth-order valence-corrected chi connectivity index (χ4v) is 5.25. The van der Waals surface area contributed by atoms with Gasteiger partial charge < -0.3 is 5.11 Å². The highest BCUT2D eigenvalue weighted by atomic mass is 19.2. The third-order valence-corrected chi connectivity index (χ3v) is 7.02. The first-order valence-electron chi connectivity index (χ1n) is 12.7. The van der Waals surface area contributed by atoms with Crippen LogP contribution >= 0.6 is 0 Å². The lowest BCUT2D eigenvalue weighted by atomic mass is 9.84. The van der Waals surface area contributed by atoms with Gasteiger partial charge in [0.05, 0.1) is 12.0 Å². The van der Waals surface area contributed by atoms with E-state index in [1.807, 2.05) is 13.8 Å². The van der Waals surface area contributed by atoms with Gasteiger partial charge in [0.1, 0.15) is 5.82 Å². The van der Waals surface area contributed by atoms with Gasteiger partial charge in [-0.1, -0.05) is 44.5 Å². The number of hydrogen-bond donors (Lipinski definition) is 1. The maximum absolute atomic E-state index is 14.4. The van der Waals surface area contributed by atoms with E-state index in [2.05, 4.69) is 4.90 Å². The quantitative estimate of drug-likeness (QED) is 0.248. The maximum Gasteiger partial charge on any atom is 0.310 e. The van der Waals surface area contributed by atoms with E-state index in [-0.39, 0.29) is 23.3 Å². The Morgan fingerprint density at radius 2 is 1.46 bits per heavy atom. The Bertz CT molecular complexity index is 1230. The molecule has 0 aromatic heterocycles. The second-order valence-electron chi connectivity index (χ2n) is 10.2. The van der Waals surface area contributed by atoms with Crippen molar-refractivity contribution in [1.29, 1.82) is 0 Å². The van der Waals surface area contributed by atoms with Crippen LogP contribution in [0.4, 0.5) is 17.6 Å². The van der Waals surface area contributed by atoms with Crippen molar-refractivity contribution in [3.05, 3.63) is 94.6 Å². The summed E-state index contributed by atoms with van der Waals surface area (Å²) in [6, 6.07) is 12.8. The molecule has 0 bridgehead atoms. The van der Waals surface area contributed by atoms with Crippen LogP contribution in [0.15, 0.2) is 54.6 Å². The molecule has 7 heteroatoms. The second kappa shape index (κ2) is 11.5. The first-order chi connectivity index (χ1) is 17.7. The number of benzene rings is 3. The summed E-state index contributed by atoms with van der Waals surface area (Å²) < 4.78 is 56.4. The van der Waals surface area contributed by atoms with Crippen LogP contribution in [0.2, 0.25) is 0 Å². The molecule has 2 atom stereocenters. The van der Waals surface area contributed by atoms with Gasteiger partial charge in [0.2, 0.25) is 0 Å². The molecule has 1 heterocycles. The van der Waals surface area contributed by atoms with Crippen molar-refractivity contribution < 1.29 is 27.5 Å². The minimum absolute atomic E-state index is 0.102. The molecule has 1 aliphatic rings. The van der Waals surface area contributed by atoms with Crippen LogP contribution in [-0.4, -0.2) is 29.1 Å². The van der Waals surface area contributed by atoms with Gasteiger partial charge >= 0.3 is 5.97 Å². The van der Waals surface area contributed by atoms with Crippen molar-refractivity contribution in [2.45, 2.75) is 51.5 Å². The van der Waals surface area contributed by atoms with Crippen molar-refractivity contribution in [3.8, 4) is 11.1 Å². The molecule has 4 rings (SSSR count). The van der Waals surface area contributed by atoms with E-state index in [4.69, 9.17) is 0 Å².